The molecule has 124 valence electrons. The van der Waals surface area contributed by atoms with Crippen LogP contribution in [0.4, 0.5) is 4.79 Å². The third-order valence-corrected chi connectivity index (χ3v) is 4.48. The van der Waals surface area contributed by atoms with Gasteiger partial charge in [-0.15, -0.1) is 0 Å². The first-order valence-corrected chi connectivity index (χ1v) is 8.06. The topological polar surface area (TPSA) is 61.9 Å². The van der Waals surface area contributed by atoms with Gasteiger partial charge in [-0.05, 0) is 19.1 Å². The van der Waals surface area contributed by atoms with Crippen LogP contribution >= 0.6 is 0 Å². The molecule has 2 heterocycles. The number of piperidine rings is 1. The lowest BCUT2D eigenvalue weighted by Gasteiger charge is -2.33. The molecule has 2 fully saturated rings. The van der Waals surface area contributed by atoms with Crippen molar-refractivity contribution in [1.82, 2.24) is 15.1 Å². The summed E-state index contributed by atoms with van der Waals surface area (Å²) in [4.78, 5) is 27.3. The molecule has 0 bridgehead atoms. The van der Waals surface area contributed by atoms with Gasteiger partial charge in [0.2, 0.25) is 5.91 Å². The van der Waals surface area contributed by atoms with Crippen molar-refractivity contribution in [3.8, 4) is 5.75 Å². The second-order valence-corrected chi connectivity index (χ2v) is 6.34. The van der Waals surface area contributed by atoms with Crippen LogP contribution < -0.4 is 10.1 Å². The molecule has 23 heavy (non-hydrogen) atoms. The molecule has 0 radical (unpaired) electrons. The quantitative estimate of drug-likeness (QED) is 0.916. The Labute approximate surface area is 136 Å². The number of benzene rings is 1. The van der Waals surface area contributed by atoms with Gasteiger partial charge in [0, 0.05) is 33.0 Å². The van der Waals surface area contributed by atoms with Crippen LogP contribution in [-0.4, -0.2) is 60.6 Å². The van der Waals surface area contributed by atoms with E-state index in [1.165, 1.54) is 10.5 Å². The van der Waals surface area contributed by atoms with Crippen LogP contribution in [0.2, 0.25) is 0 Å². The molecule has 0 aliphatic carbocycles. The Morgan fingerprint density at radius 2 is 1.87 bits per heavy atom. The maximum Gasteiger partial charge on any atom is 0.317 e. The second-order valence-electron chi connectivity index (χ2n) is 6.34. The van der Waals surface area contributed by atoms with E-state index in [9.17, 15) is 9.59 Å². The number of nitrogens with one attached hydrogen (secondary N) is 1. The average molecular weight is 317 g/mol. The van der Waals surface area contributed by atoms with E-state index in [-0.39, 0.29) is 18.0 Å². The van der Waals surface area contributed by atoms with E-state index in [4.69, 9.17) is 4.74 Å². The van der Waals surface area contributed by atoms with Crippen molar-refractivity contribution >= 4 is 11.9 Å². The molecule has 0 aromatic heterocycles. The van der Waals surface area contributed by atoms with Crippen LogP contribution in [-0.2, 0) is 4.79 Å². The van der Waals surface area contributed by atoms with Gasteiger partial charge < -0.3 is 19.9 Å². The number of carbonyl (C=O) groups is 2. The Kier molecular flexibility index (Phi) is 4.41. The zero-order valence-corrected chi connectivity index (χ0v) is 13.6. The fraction of sp³-hybridized carbons (Fsp3) is 0.529. The molecule has 3 amide bonds. The summed E-state index contributed by atoms with van der Waals surface area (Å²) in [5.74, 6) is 0.890. The van der Waals surface area contributed by atoms with Gasteiger partial charge in [-0.1, -0.05) is 17.7 Å². The first-order chi connectivity index (χ1) is 11.0. The number of amides is 3. The molecule has 0 saturated carbocycles. The minimum Gasteiger partial charge on any atom is -0.490 e. The lowest BCUT2D eigenvalue weighted by Crippen LogP contribution is -2.49. The number of carbonyl (C=O) groups excluding carboxylic acids is 2. The van der Waals surface area contributed by atoms with Crippen LogP contribution in [0.15, 0.2) is 24.3 Å². The van der Waals surface area contributed by atoms with Gasteiger partial charge >= 0.3 is 6.03 Å². The van der Waals surface area contributed by atoms with E-state index in [0.717, 1.165) is 18.6 Å². The molecule has 0 spiro atoms. The monoisotopic (exact) mass is 317 g/mol. The van der Waals surface area contributed by atoms with Crippen LogP contribution in [0.1, 0.15) is 18.4 Å². The molecule has 2 aliphatic heterocycles. The Balaban J connectivity index is 1.49. The van der Waals surface area contributed by atoms with Crippen molar-refractivity contribution in [3.63, 3.8) is 0 Å². The van der Waals surface area contributed by atoms with E-state index in [1.807, 2.05) is 36.1 Å². The summed E-state index contributed by atoms with van der Waals surface area (Å²) < 4.78 is 5.98. The zero-order chi connectivity index (χ0) is 16.4. The highest BCUT2D eigenvalue weighted by atomic mass is 16.5. The molecule has 6 heteroatoms. The summed E-state index contributed by atoms with van der Waals surface area (Å²) in [6, 6.07) is 7.44. The number of ether oxygens (including phenoxy) is 1. The molecule has 0 unspecified atom stereocenters. The van der Waals surface area contributed by atoms with E-state index in [1.54, 1.807) is 7.05 Å². The fourth-order valence-electron chi connectivity index (χ4n) is 3.03. The minimum atomic E-state index is -0.415. The summed E-state index contributed by atoms with van der Waals surface area (Å²) in [7, 11) is 1.70. The smallest absolute Gasteiger partial charge is 0.317 e. The summed E-state index contributed by atoms with van der Waals surface area (Å²) >= 11 is 0. The molecule has 1 atom stereocenters. The lowest BCUT2D eigenvalue weighted by molar-refractivity contribution is -0.134. The molecule has 1 aromatic carbocycles. The van der Waals surface area contributed by atoms with Crippen LogP contribution in [0.3, 0.4) is 0 Å². The number of urea groups is 1. The molecule has 1 N–H and O–H groups in total. The standard InChI is InChI=1S/C17H23N3O3/c1-12-3-5-13(6-4-12)23-14-7-9-20(10-8-14)16(21)15-11-19(2)17(22)18-15/h3-6,14-15H,7-11H2,1-2H3,(H,18,22)/t15-/m0/s1. The Bertz CT molecular complexity index is 579. The molecule has 2 aliphatic rings. The van der Waals surface area contributed by atoms with Crippen molar-refractivity contribution in [2.45, 2.75) is 31.9 Å². The first kappa shape index (κ1) is 15.6. The number of rotatable bonds is 3. The van der Waals surface area contributed by atoms with E-state index in [2.05, 4.69) is 5.32 Å². The molecular formula is C17H23N3O3. The van der Waals surface area contributed by atoms with Gasteiger partial charge in [-0.25, -0.2) is 4.79 Å². The molecule has 6 nitrogen and oxygen atoms in total. The van der Waals surface area contributed by atoms with Gasteiger partial charge in [0.25, 0.3) is 0 Å². The Morgan fingerprint density at radius 3 is 2.43 bits per heavy atom. The van der Waals surface area contributed by atoms with E-state index < -0.39 is 6.04 Å². The van der Waals surface area contributed by atoms with Gasteiger partial charge in [0.15, 0.2) is 0 Å². The summed E-state index contributed by atoms with van der Waals surface area (Å²) in [6.45, 7) is 3.83. The summed E-state index contributed by atoms with van der Waals surface area (Å²) in [5, 5.41) is 2.72. The Morgan fingerprint density at radius 1 is 1.22 bits per heavy atom. The maximum atomic E-state index is 12.4. The predicted octanol–water partition coefficient (Wildman–Crippen LogP) is 1.39. The Hall–Kier alpha value is -2.24. The lowest BCUT2D eigenvalue weighted by atomic mass is 10.1. The number of hydrogen-bond donors (Lipinski definition) is 1. The fourth-order valence-corrected chi connectivity index (χ4v) is 3.03. The highest BCUT2D eigenvalue weighted by Crippen LogP contribution is 2.20. The van der Waals surface area contributed by atoms with Crippen molar-refractivity contribution in [3.05, 3.63) is 29.8 Å². The highest BCUT2D eigenvalue weighted by Gasteiger charge is 2.35. The first-order valence-electron chi connectivity index (χ1n) is 8.06. The van der Waals surface area contributed by atoms with Crippen molar-refractivity contribution < 1.29 is 14.3 Å². The normalized spacial score (nSPS) is 22.2. The largest absolute Gasteiger partial charge is 0.490 e. The van der Waals surface area contributed by atoms with Gasteiger partial charge in [-0.2, -0.15) is 0 Å². The molecular weight excluding hydrogens is 294 g/mol. The second kappa shape index (κ2) is 6.48. The minimum absolute atomic E-state index is 0.0106. The average Bonchev–Trinajstić information content (AvgIpc) is 2.89. The number of likely N-dealkylation sites (tertiary alicyclic amines) is 1. The molecule has 2 saturated heterocycles. The molecule has 1 aromatic rings. The van der Waals surface area contributed by atoms with E-state index >= 15 is 0 Å². The van der Waals surface area contributed by atoms with Gasteiger partial charge in [0.05, 0.1) is 6.54 Å². The SMILES string of the molecule is Cc1ccc(OC2CCN(C(=O)[C@@H]3CN(C)C(=O)N3)CC2)cc1. The highest BCUT2D eigenvalue weighted by molar-refractivity contribution is 5.90. The van der Waals surface area contributed by atoms with Gasteiger partial charge in [0.1, 0.15) is 17.9 Å². The van der Waals surface area contributed by atoms with Crippen LogP contribution in [0.25, 0.3) is 0 Å². The van der Waals surface area contributed by atoms with Crippen molar-refractivity contribution in [2.24, 2.45) is 0 Å². The van der Waals surface area contributed by atoms with Crippen LogP contribution in [0.5, 0.6) is 5.75 Å². The summed E-state index contributed by atoms with van der Waals surface area (Å²) in [5.41, 5.74) is 1.21. The summed E-state index contributed by atoms with van der Waals surface area (Å²) in [6.07, 6.45) is 1.77. The maximum absolute atomic E-state index is 12.4. The predicted molar refractivity (Wildman–Crippen MR) is 86.4 cm³/mol. The number of hydrogen-bond acceptors (Lipinski definition) is 3. The van der Waals surface area contributed by atoms with Crippen molar-refractivity contribution in [1.29, 1.82) is 0 Å². The third-order valence-electron chi connectivity index (χ3n) is 4.48. The number of nitrogens with zero attached hydrogens (tertiary/aromatic N) is 2. The number of aryl methyl sites for hydroxylation is 1. The molecule has 3 rings (SSSR count). The van der Waals surface area contributed by atoms with Gasteiger partial charge in [-0.3, -0.25) is 4.79 Å². The number of likely N-dealkylation sites (N-methyl/N-ethyl adjacent to an activating group) is 1. The van der Waals surface area contributed by atoms with E-state index in [0.29, 0.717) is 19.6 Å². The van der Waals surface area contributed by atoms with Crippen LogP contribution in [0, 0.1) is 6.92 Å². The zero-order valence-electron chi connectivity index (χ0n) is 13.6. The van der Waals surface area contributed by atoms with Crippen molar-refractivity contribution in [2.75, 3.05) is 26.7 Å². The third kappa shape index (κ3) is 3.57.